The van der Waals surface area contributed by atoms with Crippen LogP contribution in [0.2, 0.25) is 0 Å². The standard InChI is InChI=1S/C28H25N9O6S2/c1-2-43-35-20(19-13-45-28(30)33-19)24(39)34-21-25(40)37-22(27(41)42)16(12-44-26(21)37)4-3-7-36-8-5-15(6-9-36)17-10-18(31-11-17)23(38)32-14-29/h3-6,8-11,13,21,26H,2,7,12H2,1H3,(H5,30,32,33,34,38,39,41,42)/b4-3+,35-20-/t21-,26-/m1/s1. The number of amides is 3. The van der Waals surface area contributed by atoms with E-state index in [0.29, 0.717) is 12.1 Å². The topological polar surface area (TPSA) is 223 Å². The molecular formula is C28H25N9O6S2. The average molecular weight is 648 g/mol. The van der Waals surface area contributed by atoms with Crippen molar-refractivity contribution < 1.29 is 33.7 Å². The van der Waals surface area contributed by atoms with E-state index in [1.54, 1.807) is 37.5 Å². The molecule has 0 aromatic carbocycles. The normalized spacial score (nSPS) is 17.8. The predicted molar refractivity (Wildman–Crippen MR) is 160 cm³/mol. The first kappa shape index (κ1) is 31.0. The lowest BCUT2D eigenvalue weighted by Crippen LogP contribution is -2.71. The van der Waals surface area contributed by atoms with Crippen LogP contribution in [0.25, 0.3) is 11.1 Å². The molecule has 3 aromatic rings. The van der Waals surface area contributed by atoms with Crippen molar-refractivity contribution in [3.05, 3.63) is 77.0 Å². The first-order valence-electron chi connectivity index (χ1n) is 13.4. The third kappa shape index (κ3) is 6.56. The highest BCUT2D eigenvalue weighted by atomic mass is 32.2. The van der Waals surface area contributed by atoms with Crippen molar-refractivity contribution in [2.45, 2.75) is 24.9 Å². The Bertz CT molecular complexity index is 1790. The minimum absolute atomic E-state index is 0.150. The molecule has 15 nitrogen and oxygen atoms in total. The van der Waals surface area contributed by atoms with Gasteiger partial charge in [-0.15, -0.1) is 23.1 Å². The third-order valence-corrected chi connectivity index (χ3v) is 8.68. The van der Waals surface area contributed by atoms with Crippen molar-refractivity contribution in [1.29, 1.82) is 5.26 Å². The number of oxime groups is 1. The van der Waals surface area contributed by atoms with E-state index in [0.717, 1.165) is 27.4 Å². The minimum atomic E-state index is -1.50. The number of aliphatic carboxylic acids is 1. The molecule has 5 heterocycles. The lowest BCUT2D eigenvalue weighted by Gasteiger charge is -2.50. The Morgan fingerprint density at radius 1 is 1.36 bits per heavy atom. The summed E-state index contributed by atoms with van der Waals surface area (Å²) in [6.07, 6.45) is 10.3. The molecule has 45 heavy (non-hydrogen) atoms. The summed E-state index contributed by atoms with van der Waals surface area (Å²) in [5.74, 6) is -3.07. The number of carboxylic acids is 1. The highest BCUT2D eigenvalue weighted by Crippen LogP contribution is 2.40. The number of β-lactam (4-membered cyclic amide) rings is 1. The number of H-pyrrole nitrogens is 1. The largest absolute Gasteiger partial charge is 0.543 e. The zero-order valence-electron chi connectivity index (χ0n) is 23.6. The van der Waals surface area contributed by atoms with Gasteiger partial charge in [-0.3, -0.25) is 24.6 Å². The number of rotatable bonds is 11. The van der Waals surface area contributed by atoms with Crippen molar-refractivity contribution in [3.8, 4) is 17.3 Å². The number of carboxylic acid groups (broad SMARTS) is 1. The molecule has 5 rings (SSSR count). The predicted octanol–water partition coefficient (Wildman–Crippen LogP) is -0.380. The van der Waals surface area contributed by atoms with E-state index in [4.69, 9.17) is 15.8 Å². The lowest BCUT2D eigenvalue weighted by atomic mass is 10.0. The highest BCUT2D eigenvalue weighted by Gasteiger charge is 2.53. The SMILES string of the molecule is CCO/N=C(\C(=O)N[C@@H]1C(=O)N2C(C(=O)[O-])=C(/C=C/C[n+]3ccc(-c4c[nH]c(C(=O)NC#N)c4)cc3)CS[C@H]12)c1csc(N)n1. The lowest BCUT2D eigenvalue weighted by molar-refractivity contribution is -0.686. The van der Waals surface area contributed by atoms with Crippen LogP contribution in [0.1, 0.15) is 23.1 Å². The van der Waals surface area contributed by atoms with Gasteiger partial charge in [0.15, 0.2) is 36.0 Å². The second-order valence-electron chi connectivity index (χ2n) is 9.50. The molecule has 2 aliphatic rings. The first-order valence-corrected chi connectivity index (χ1v) is 15.3. The molecule has 2 aliphatic heterocycles. The number of nitrogens with two attached hydrogens (primary N) is 1. The Hall–Kier alpha value is -5.47. The van der Waals surface area contributed by atoms with Gasteiger partial charge < -0.3 is 30.8 Å². The number of thioether (sulfide) groups is 1. The number of anilines is 1. The van der Waals surface area contributed by atoms with Gasteiger partial charge in [-0.1, -0.05) is 11.2 Å². The summed E-state index contributed by atoms with van der Waals surface area (Å²) >= 11 is 2.42. The second-order valence-corrected chi connectivity index (χ2v) is 11.5. The maximum Gasteiger partial charge on any atom is 0.280 e. The first-order chi connectivity index (χ1) is 21.7. The van der Waals surface area contributed by atoms with Crippen molar-refractivity contribution in [2.75, 3.05) is 18.1 Å². The molecular weight excluding hydrogens is 622 g/mol. The number of nitrogens with zero attached hydrogens (tertiary/aromatic N) is 5. The van der Waals surface area contributed by atoms with Gasteiger partial charge in [-0.25, -0.2) is 9.55 Å². The molecule has 0 spiro atoms. The fourth-order valence-corrected chi connectivity index (χ4v) is 6.46. The van der Waals surface area contributed by atoms with Crippen molar-refractivity contribution in [1.82, 2.24) is 25.5 Å². The average Bonchev–Trinajstić information content (AvgIpc) is 3.70. The molecule has 0 radical (unpaired) electrons. The summed E-state index contributed by atoms with van der Waals surface area (Å²) in [6, 6.07) is 4.33. The Balaban J connectivity index is 1.24. The molecule has 3 amide bonds. The Morgan fingerprint density at radius 3 is 2.80 bits per heavy atom. The fourth-order valence-electron chi connectivity index (χ4n) is 4.60. The molecule has 2 atom stereocenters. The molecule has 0 unspecified atom stereocenters. The zero-order valence-corrected chi connectivity index (χ0v) is 25.2. The van der Waals surface area contributed by atoms with Gasteiger partial charge in [0.05, 0.1) is 11.7 Å². The van der Waals surface area contributed by atoms with Crippen LogP contribution in [0.5, 0.6) is 0 Å². The number of aromatic amines is 1. The number of carbonyl (C=O) groups excluding carboxylic acids is 4. The van der Waals surface area contributed by atoms with Crippen LogP contribution in [0.3, 0.4) is 0 Å². The smallest absolute Gasteiger partial charge is 0.280 e. The number of carbonyl (C=O) groups is 4. The number of nitrogen functional groups attached to an aromatic ring is 1. The van der Waals surface area contributed by atoms with Gasteiger partial charge in [0.25, 0.3) is 17.7 Å². The number of thiazole rings is 1. The van der Waals surface area contributed by atoms with Crippen LogP contribution in [0, 0.1) is 11.5 Å². The minimum Gasteiger partial charge on any atom is -0.543 e. The van der Waals surface area contributed by atoms with Crippen molar-refractivity contribution in [2.24, 2.45) is 5.16 Å². The molecule has 0 aliphatic carbocycles. The number of allylic oxidation sites excluding steroid dienone is 2. The van der Waals surface area contributed by atoms with Gasteiger partial charge in [-0.2, -0.15) is 5.26 Å². The summed E-state index contributed by atoms with van der Waals surface area (Å²) in [4.78, 5) is 63.1. The van der Waals surface area contributed by atoms with E-state index in [1.807, 2.05) is 29.1 Å². The Morgan fingerprint density at radius 2 is 2.13 bits per heavy atom. The number of nitrogens with one attached hydrogen (secondary N) is 3. The van der Waals surface area contributed by atoms with Gasteiger partial charge in [0, 0.05) is 35.0 Å². The number of aromatic nitrogens is 3. The molecule has 1 fully saturated rings. The van der Waals surface area contributed by atoms with Crippen LogP contribution >= 0.6 is 23.1 Å². The van der Waals surface area contributed by atoms with Crippen LogP contribution in [-0.4, -0.2) is 68.0 Å². The maximum absolute atomic E-state index is 13.1. The third-order valence-electron chi connectivity index (χ3n) is 6.70. The number of fused-ring (bicyclic) bond motifs is 1. The van der Waals surface area contributed by atoms with Crippen molar-refractivity contribution >= 4 is 57.6 Å². The molecule has 0 bridgehead atoms. The van der Waals surface area contributed by atoms with E-state index < -0.39 is 35.1 Å². The molecule has 0 saturated carbocycles. The molecule has 3 aromatic heterocycles. The van der Waals surface area contributed by atoms with Crippen LogP contribution in [0.15, 0.2) is 70.7 Å². The van der Waals surface area contributed by atoms with Crippen LogP contribution < -0.4 is 26.0 Å². The quantitative estimate of drug-likeness (QED) is 0.0527. The monoisotopic (exact) mass is 647 g/mol. The van der Waals surface area contributed by atoms with Gasteiger partial charge in [-0.05, 0) is 30.2 Å². The molecule has 17 heteroatoms. The van der Waals surface area contributed by atoms with E-state index >= 15 is 0 Å². The highest BCUT2D eigenvalue weighted by molar-refractivity contribution is 8.00. The second kappa shape index (κ2) is 13.4. The van der Waals surface area contributed by atoms with E-state index in [2.05, 4.69) is 25.8 Å². The summed E-state index contributed by atoms with van der Waals surface area (Å²) < 4.78 is 1.85. The maximum atomic E-state index is 13.1. The number of hydrogen-bond acceptors (Lipinski definition) is 12. The van der Waals surface area contributed by atoms with Crippen molar-refractivity contribution in [3.63, 3.8) is 0 Å². The van der Waals surface area contributed by atoms with Gasteiger partial charge >= 0.3 is 0 Å². The van der Waals surface area contributed by atoms with E-state index in [9.17, 15) is 24.3 Å². The number of nitriles is 1. The Kier molecular flexibility index (Phi) is 9.25. The van der Waals surface area contributed by atoms with Gasteiger partial charge in [0.1, 0.15) is 29.4 Å². The zero-order chi connectivity index (χ0) is 32.1. The summed E-state index contributed by atoms with van der Waals surface area (Å²) in [6.45, 7) is 2.29. The van der Waals surface area contributed by atoms with E-state index in [-0.39, 0.29) is 40.3 Å². The molecule has 230 valence electrons. The molecule has 5 N–H and O–H groups in total. The summed E-state index contributed by atoms with van der Waals surface area (Å²) in [5.41, 5.74) is 7.74. The van der Waals surface area contributed by atoms with Crippen LogP contribution in [-0.2, 0) is 25.8 Å². The summed E-state index contributed by atoms with van der Waals surface area (Å²) in [5, 5.41) is 30.4. The number of pyridine rings is 1. The molecule has 1 saturated heterocycles. The van der Waals surface area contributed by atoms with Gasteiger partial charge in [0.2, 0.25) is 0 Å². The Labute approximate surface area is 264 Å². The fraction of sp³-hybridized carbons (Fsp3) is 0.214. The summed E-state index contributed by atoms with van der Waals surface area (Å²) in [7, 11) is 0. The van der Waals surface area contributed by atoms with Crippen LogP contribution in [0.4, 0.5) is 5.13 Å². The number of hydrogen-bond donors (Lipinski definition) is 4. The van der Waals surface area contributed by atoms with E-state index in [1.165, 1.54) is 17.1 Å².